The smallest absolute Gasteiger partial charge is 0.264 e. The van der Waals surface area contributed by atoms with Gasteiger partial charge in [0.1, 0.15) is 18.3 Å². The number of nitrogens with zero attached hydrogens (tertiary/aromatic N) is 2. The summed E-state index contributed by atoms with van der Waals surface area (Å²) >= 11 is 12.6. The summed E-state index contributed by atoms with van der Waals surface area (Å²) in [6.45, 7) is 1.27. The molecule has 0 aromatic heterocycles. The van der Waals surface area contributed by atoms with Gasteiger partial charge in [0, 0.05) is 29.1 Å². The lowest BCUT2D eigenvalue weighted by atomic mass is 10.0. The Morgan fingerprint density at radius 3 is 2.17 bits per heavy atom. The number of hydrogen-bond donors (Lipinski definition) is 1. The molecule has 5 rings (SSSR count). The zero-order valence-electron chi connectivity index (χ0n) is 26.9. The highest BCUT2D eigenvalue weighted by atomic mass is 35.5. The van der Waals surface area contributed by atoms with E-state index in [9.17, 15) is 18.0 Å². The van der Waals surface area contributed by atoms with Gasteiger partial charge in [-0.3, -0.25) is 13.9 Å². The van der Waals surface area contributed by atoms with Gasteiger partial charge in [0.05, 0.1) is 17.7 Å². The van der Waals surface area contributed by atoms with Crippen LogP contribution in [0.4, 0.5) is 5.69 Å². The summed E-state index contributed by atoms with van der Waals surface area (Å²) in [6.07, 6.45) is 4.01. The predicted molar refractivity (Wildman–Crippen MR) is 190 cm³/mol. The third-order valence-electron chi connectivity index (χ3n) is 8.54. The minimum absolute atomic E-state index is 0.00741. The van der Waals surface area contributed by atoms with Gasteiger partial charge in [-0.15, -0.1) is 0 Å². The lowest BCUT2D eigenvalue weighted by molar-refractivity contribution is -0.140. The Morgan fingerprint density at radius 2 is 1.52 bits per heavy atom. The highest BCUT2D eigenvalue weighted by Crippen LogP contribution is 2.35. The monoisotopic (exact) mass is 707 g/mol. The van der Waals surface area contributed by atoms with E-state index in [1.165, 1.54) is 30.2 Å². The van der Waals surface area contributed by atoms with Gasteiger partial charge in [-0.2, -0.15) is 0 Å². The SMILES string of the molecule is COc1ccc(Cl)cc1N(CC(=O)N(Cc1ccc(Cl)cc1)[C@H](Cc1ccccc1)C(=O)NC1CCCC1)S(=O)(=O)c1ccc(C)cc1. The highest BCUT2D eigenvalue weighted by molar-refractivity contribution is 7.92. The summed E-state index contributed by atoms with van der Waals surface area (Å²) in [5.41, 5.74) is 2.56. The number of carbonyl (C=O) groups is 2. The predicted octanol–water partition coefficient (Wildman–Crippen LogP) is 7.20. The van der Waals surface area contributed by atoms with Crippen molar-refractivity contribution in [2.75, 3.05) is 18.0 Å². The maximum atomic E-state index is 14.7. The Labute approximate surface area is 292 Å². The number of aryl methyl sites for hydroxylation is 1. The number of rotatable bonds is 13. The number of benzene rings is 4. The lowest BCUT2D eigenvalue weighted by Crippen LogP contribution is -2.54. The van der Waals surface area contributed by atoms with Crippen LogP contribution in [0.3, 0.4) is 0 Å². The molecule has 1 atom stereocenters. The number of carbonyl (C=O) groups excluding carboxylic acids is 2. The first-order chi connectivity index (χ1) is 23.0. The van der Waals surface area contributed by atoms with E-state index >= 15 is 0 Å². The Bertz CT molecular complexity index is 1810. The molecule has 0 unspecified atom stereocenters. The van der Waals surface area contributed by atoms with E-state index in [1.807, 2.05) is 37.3 Å². The molecule has 4 aromatic rings. The van der Waals surface area contributed by atoms with Crippen LogP contribution in [0, 0.1) is 6.92 Å². The Hall–Kier alpha value is -4.05. The fourth-order valence-electron chi connectivity index (χ4n) is 5.92. The number of amides is 2. The van der Waals surface area contributed by atoms with Crippen LogP contribution in [-0.2, 0) is 32.6 Å². The molecule has 11 heteroatoms. The number of ether oxygens (including phenoxy) is 1. The van der Waals surface area contributed by atoms with Crippen LogP contribution in [0.15, 0.2) is 102 Å². The number of halogens is 2. The van der Waals surface area contributed by atoms with Crippen molar-refractivity contribution in [2.24, 2.45) is 0 Å². The van der Waals surface area contributed by atoms with Crippen molar-refractivity contribution in [1.82, 2.24) is 10.2 Å². The molecule has 0 bridgehead atoms. The van der Waals surface area contributed by atoms with Gasteiger partial charge in [0.25, 0.3) is 10.0 Å². The van der Waals surface area contributed by atoms with E-state index in [-0.39, 0.29) is 46.3 Å². The second kappa shape index (κ2) is 15.9. The average molecular weight is 709 g/mol. The summed E-state index contributed by atoms with van der Waals surface area (Å²) in [7, 11) is -2.90. The quantitative estimate of drug-likeness (QED) is 0.159. The minimum Gasteiger partial charge on any atom is -0.495 e. The zero-order chi connectivity index (χ0) is 34.3. The molecular formula is C37H39Cl2N3O5S. The number of methoxy groups -OCH3 is 1. The molecule has 252 valence electrons. The maximum Gasteiger partial charge on any atom is 0.264 e. The highest BCUT2D eigenvalue weighted by Gasteiger charge is 2.36. The van der Waals surface area contributed by atoms with Crippen LogP contribution in [0.5, 0.6) is 5.75 Å². The first kappa shape index (κ1) is 35.3. The summed E-state index contributed by atoms with van der Waals surface area (Å²) < 4.78 is 35.3. The van der Waals surface area contributed by atoms with Gasteiger partial charge >= 0.3 is 0 Å². The number of sulfonamides is 1. The third kappa shape index (κ3) is 8.69. The average Bonchev–Trinajstić information content (AvgIpc) is 3.59. The van der Waals surface area contributed by atoms with Crippen molar-refractivity contribution in [3.63, 3.8) is 0 Å². The van der Waals surface area contributed by atoms with Crippen LogP contribution in [-0.4, -0.2) is 50.9 Å². The van der Waals surface area contributed by atoms with Gasteiger partial charge in [-0.1, -0.05) is 96.2 Å². The van der Waals surface area contributed by atoms with Crippen molar-refractivity contribution < 1.29 is 22.7 Å². The minimum atomic E-state index is -4.32. The van der Waals surface area contributed by atoms with Gasteiger partial charge in [-0.25, -0.2) is 8.42 Å². The molecule has 48 heavy (non-hydrogen) atoms. The molecule has 0 heterocycles. The summed E-state index contributed by atoms with van der Waals surface area (Å²) in [6, 6.07) is 26.5. The number of hydrogen-bond acceptors (Lipinski definition) is 5. The molecule has 0 aliphatic heterocycles. The molecule has 0 radical (unpaired) electrons. The van der Waals surface area contributed by atoms with Crippen LogP contribution in [0.25, 0.3) is 0 Å². The molecule has 4 aromatic carbocycles. The van der Waals surface area contributed by atoms with Crippen molar-refractivity contribution in [2.45, 2.75) is 62.6 Å². The fourth-order valence-corrected chi connectivity index (χ4v) is 7.63. The van der Waals surface area contributed by atoms with Crippen LogP contribution in [0.1, 0.15) is 42.4 Å². The zero-order valence-corrected chi connectivity index (χ0v) is 29.3. The van der Waals surface area contributed by atoms with Gasteiger partial charge in [0.2, 0.25) is 11.8 Å². The van der Waals surface area contributed by atoms with Gasteiger partial charge in [-0.05, 0) is 73.4 Å². The fraction of sp³-hybridized carbons (Fsp3) is 0.297. The van der Waals surface area contributed by atoms with Crippen molar-refractivity contribution >= 4 is 50.7 Å². The Morgan fingerprint density at radius 1 is 0.875 bits per heavy atom. The second-order valence-electron chi connectivity index (χ2n) is 12.0. The van der Waals surface area contributed by atoms with E-state index in [2.05, 4.69) is 5.32 Å². The van der Waals surface area contributed by atoms with E-state index in [0.29, 0.717) is 5.02 Å². The molecule has 0 spiro atoms. The molecular weight excluding hydrogens is 669 g/mol. The normalized spacial score (nSPS) is 13.9. The Balaban J connectivity index is 1.60. The van der Waals surface area contributed by atoms with E-state index in [1.54, 1.807) is 48.5 Å². The van der Waals surface area contributed by atoms with Gasteiger partial charge in [0.15, 0.2) is 0 Å². The molecule has 1 aliphatic rings. The van der Waals surface area contributed by atoms with E-state index < -0.39 is 28.5 Å². The van der Waals surface area contributed by atoms with E-state index in [0.717, 1.165) is 46.7 Å². The number of anilines is 1. The topological polar surface area (TPSA) is 96.0 Å². The lowest BCUT2D eigenvalue weighted by Gasteiger charge is -2.34. The van der Waals surface area contributed by atoms with E-state index in [4.69, 9.17) is 27.9 Å². The molecule has 0 saturated heterocycles. The molecule has 1 N–H and O–H groups in total. The second-order valence-corrected chi connectivity index (χ2v) is 14.7. The maximum absolute atomic E-state index is 14.7. The van der Waals surface area contributed by atoms with Crippen molar-refractivity contribution in [3.05, 3.63) is 124 Å². The first-order valence-electron chi connectivity index (χ1n) is 15.9. The summed E-state index contributed by atoms with van der Waals surface area (Å²) in [4.78, 5) is 30.3. The third-order valence-corrected chi connectivity index (χ3v) is 10.8. The molecule has 8 nitrogen and oxygen atoms in total. The first-order valence-corrected chi connectivity index (χ1v) is 18.1. The van der Waals surface area contributed by atoms with Crippen molar-refractivity contribution in [3.8, 4) is 5.75 Å². The molecule has 1 saturated carbocycles. The Kier molecular flexibility index (Phi) is 11.7. The standard InChI is InChI=1S/C37H39Cl2N3O5S/c1-26-12-19-32(20-13-26)48(45,46)42(33-23-30(39)18-21-35(33)47-2)25-36(43)41(24-28-14-16-29(38)17-15-28)34(22-27-8-4-3-5-9-27)37(44)40-31-10-6-7-11-31/h3-5,8-9,12-21,23,31,34H,6-7,10-11,22,24-25H2,1-2H3,(H,40,44)/t34-/m1/s1. The molecule has 1 aliphatic carbocycles. The molecule has 2 amide bonds. The number of nitrogens with one attached hydrogen (secondary N) is 1. The van der Waals surface area contributed by atoms with Crippen LogP contribution >= 0.6 is 23.2 Å². The van der Waals surface area contributed by atoms with Crippen LogP contribution in [0.2, 0.25) is 10.0 Å². The van der Waals surface area contributed by atoms with Gasteiger partial charge < -0.3 is 15.0 Å². The van der Waals surface area contributed by atoms with Crippen LogP contribution < -0.4 is 14.4 Å². The molecule has 1 fully saturated rings. The summed E-state index contributed by atoms with van der Waals surface area (Å²) in [5.74, 6) is -0.654. The summed E-state index contributed by atoms with van der Waals surface area (Å²) in [5, 5.41) is 3.97. The largest absolute Gasteiger partial charge is 0.495 e. The van der Waals surface area contributed by atoms with Crippen molar-refractivity contribution in [1.29, 1.82) is 0 Å².